The highest BCUT2D eigenvalue weighted by atomic mass is 16.5. The predicted molar refractivity (Wildman–Crippen MR) is 68.7 cm³/mol. The van der Waals surface area contributed by atoms with Crippen LogP contribution in [0.25, 0.3) is 0 Å². The third kappa shape index (κ3) is 4.06. The Labute approximate surface area is 104 Å². The fourth-order valence-electron chi connectivity index (χ4n) is 1.95. The van der Waals surface area contributed by atoms with Gasteiger partial charge in [-0.1, -0.05) is 20.8 Å². The molecule has 0 aromatic carbocycles. The molecule has 0 saturated heterocycles. The van der Waals surface area contributed by atoms with Crippen molar-refractivity contribution in [1.82, 2.24) is 15.3 Å². The molecular formula is C13H23N3O. The van der Waals surface area contributed by atoms with Crippen molar-refractivity contribution in [1.29, 1.82) is 0 Å². The van der Waals surface area contributed by atoms with E-state index in [4.69, 9.17) is 4.74 Å². The molecule has 0 aliphatic carbocycles. The molecule has 2 atom stereocenters. The number of likely N-dealkylation sites (N-methyl/N-ethyl adjacent to an activating group) is 1. The lowest BCUT2D eigenvalue weighted by molar-refractivity contribution is 0.00209. The number of nitrogens with zero attached hydrogens (tertiary/aromatic N) is 2. The van der Waals surface area contributed by atoms with Crippen molar-refractivity contribution in [3.8, 4) is 0 Å². The van der Waals surface area contributed by atoms with Crippen LogP contribution in [-0.4, -0.2) is 29.2 Å². The normalized spacial score (nSPS) is 14.9. The third-order valence-electron chi connectivity index (χ3n) is 2.67. The second kappa shape index (κ2) is 7.35. The fraction of sp³-hybridized carbons (Fsp3) is 0.692. The molecule has 2 unspecified atom stereocenters. The number of hydrogen-bond acceptors (Lipinski definition) is 4. The molecule has 17 heavy (non-hydrogen) atoms. The van der Waals surface area contributed by atoms with Gasteiger partial charge in [0, 0.05) is 19.0 Å². The molecule has 0 amide bonds. The molecule has 0 spiro atoms. The largest absolute Gasteiger partial charge is 0.376 e. The minimum absolute atomic E-state index is 0.105. The van der Waals surface area contributed by atoms with Gasteiger partial charge in [0.25, 0.3) is 0 Å². The quantitative estimate of drug-likeness (QED) is 0.789. The Bertz CT molecular complexity index is 303. The first kappa shape index (κ1) is 14.1. The number of ether oxygens (including phenoxy) is 1. The summed E-state index contributed by atoms with van der Waals surface area (Å²) in [6.45, 7) is 10.0. The topological polar surface area (TPSA) is 47.0 Å². The molecule has 4 heteroatoms. The molecule has 1 aromatic rings. The summed E-state index contributed by atoms with van der Waals surface area (Å²) in [5.74, 6) is 0.431. The van der Waals surface area contributed by atoms with Gasteiger partial charge in [0.1, 0.15) is 0 Å². The van der Waals surface area contributed by atoms with Crippen LogP contribution in [0.5, 0.6) is 0 Å². The Morgan fingerprint density at radius 3 is 2.53 bits per heavy atom. The molecule has 0 fully saturated rings. The monoisotopic (exact) mass is 237 g/mol. The van der Waals surface area contributed by atoms with E-state index in [0.29, 0.717) is 12.5 Å². The van der Waals surface area contributed by atoms with Crippen molar-refractivity contribution in [2.45, 2.75) is 39.8 Å². The van der Waals surface area contributed by atoms with Crippen LogP contribution in [0, 0.1) is 5.92 Å². The van der Waals surface area contributed by atoms with Crippen LogP contribution in [0.15, 0.2) is 18.6 Å². The zero-order valence-electron chi connectivity index (χ0n) is 11.2. The Balaban J connectivity index is 2.89. The summed E-state index contributed by atoms with van der Waals surface area (Å²) in [7, 11) is 0. The maximum absolute atomic E-state index is 5.84. The lowest BCUT2D eigenvalue weighted by Gasteiger charge is -2.30. The van der Waals surface area contributed by atoms with E-state index in [-0.39, 0.29) is 12.1 Å². The Hall–Kier alpha value is -1.00. The van der Waals surface area contributed by atoms with Gasteiger partial charge in [0.15, 0.2) is 0 Å². The van der Waals surface area contributed by atoms with Gasteiger partial charge in [0.05, 0.1) is 24.0 Å². The SMILES string of the molecule is CCNC(c1cnccn1)C(OCC)C(C)C. The van der Waals surface area contributed by atoms with Crippen molar-refractivity contribution in [2.75, 3.05) is 13.2 Å². The fourth-order valence-corrected chi connectivity index (χ4v) is 1.95. The van der Waals surface area contributed by atoms with Crippen molar-refractivity contribution < 1.29 is 4.74 Å². The van der Waals surface area contributed by atoms with Crippen molar-refractivity contribution >= 4 is 0 Å². The minimum Gasteiger partial charge on any atom is -0.376 e. The highest BCUT2D eigenvalue weighted by Crippen LogP contribution is 2.22. The van der Waals surface area contributed by atoms with Crippen LogP contribution in [0.3, 0.4) is 0 Å². The molecule has 96 valence electrons. The number of nitrogens with one attached hydrogen (secondary N) is 1. The Morgan fingerprint density at radius 1 is 1.29 bits per heavy atom. The maximum atomic E-state index is 5.84. The summed E-state index contributed by atoms with van der Waals surface area (Å²) < 4.78 is 5.84. The molecule has 0 saturated carbocycles. The van der Waals surface area contributed by atoms with Crippen LogP contribution in [0.2, 0.25) is 0 Å². The first-order chi connectivity index (χ1) is 8.20. The Morgan fingerprint density at radius 2 is 2.06 bits per heavy atom. The molecule has 0 aliphatic rings. The van der Waals surface area contributed by atoms with Gasteiger partial charge in [0.2, 0.25) is 0 Å². The third-order valence-corrected chi connectivity index (χ3v) is 2.67. The summed E-state index contributed by atoms with van der Waals surface area (Å²) in [5.41, 5.74) is 0.946. The van der Waals surface area contributed by atoms with E-state index in [0.717, 1.165) is 12.2 Å². The first-order valence-electron chi connectivity index (χ1n) is 6.31. The summed E-state index contributed by atoms with van der Waals surface area (Å²) in [6.07, 6.45) is 5.35. The van der Waals surface area contributed by atoms with Gasteiger partial charge in [-0.3, -0.25) is 9.97 Å². The second-order valence-corrected chi connectivity index (χ2v) is 4.33. The summed E-state index contributed by atoms with van der Waals surface area (Å²) in [4.78, 5) is 8.51. The molecular weight excluding hydrogens is 214 g/mol. The number of rotatable bonds is 7. The smallest absolute Gasteiger partial charge is 0.0808 e. The highest BCUT2D eigenvalue weighted by molar-refractivity contribution is 5.05. The van der Waals surface area contributed by atoms with Gasteiger partial charge in [-0.05, 0) is 19.4 Å². The van der Waals surface area contributed by atoms with E-state index in [2.05, 4.69) is 36.1 Å². The lowest BCUT2D eigenvalue weighted by Crippen LogP contribution is -2.37. The molecule has 1 aromatic heterocycles. The van der Waals surface area contributed by atoms with Crippen molar-refractivity contribution in [2.24, 2.45) is 5.92 Å². The average Bonchev–Trinajstić information content (AvgIpc) is 2.34. The minimum atomic E-state index is 0.105. The lowest BCUT2D eigenvalue weighted by atomic mass is 9.97. The van der Waals surface area contributed by atoms with E-state index in [1.54, 1.807) is 12.4 Å². The molecule has 0 aliphatic heterocycles. The summed E-state index contributed by atoms with van der Waals surface area (Å²) in [6, 6.07) is 0.105. The molecule has 0 bridgehead atoms. The molecule has 1 rings (SSSR count). The van der Waals surface area contributed by atoms with E-state index in [1.165, 1.54) is 0 Å². The zero-order valence-corrected chi connectivity index (χ0v) is 11.2. The standard InChI is InChI=1S/C13H23N3O/c1-5-15-12(11-9-14-7-8-16-11)13(10(3)4)17-6-2/h7-10,12-13,15H,5-6H2,1-4H3. The van der Waals surface area contributed by atoms with E-state index < -0.39 is 0 Å². The van der Waals surface area contributed by atoms with Gasteiger partial charge in [-0.15, -0.1) is 0 Å². The van der Waals surface area contributed by atoms with Crippen LogP contribution in [0.4, 0.5) is 0 Å². The van der Waals surface area contributed by atoms with Crippen LogP contribution >= 0.6 is 0 Å². The zero-order chi connectivity index (χ0) is 12.7. The second-order valence-electron chi connectivity index (χ2n) is 4.33. The van der Waals surface area contributed by atoms with E-state index in [9.17, 15) is 0 Å². The van der Waals surface area contributed by atoms with Crippen LogP contribution < -0.4 is 5.32 Å². The molecule has 0 radical (unpaired) electrons. The summed E-state index contributed by atoms with van der Waals surface area (Å²) in [5, 5.41) is 3.44. The molecule has 1 N–H and O–H groups in total. The van der Waals surface area contributed by atoms with Gasteiger partial charge >= 0.3 is 0 Å². The molecule has 1 heterocycles. The highest BCUT2D eigenvalue weighted by Gasteiger charge is 2.26. The van der Waals surface area contributed by atoms with Gasteiger partial charge in [-0.2, -0.15) is 0 Å². The van der Waals surface area contributed by atoms with E-state index >= 15 is 0 Å². The predicted octanol–water partition coefficient (Wildman–Crippen LogP) is 2.19. The average molecular weight is 237 g/mol. The maximum Gasteiger partial charge on any atom is 0.0808 e. The molecule has 4 nitrogen and oxygen atoms in total. The van der Waals surface area contributed by atoms with Crippen LogP contribution in [-0.2, 0) is 4.74 Å². The van der Waals surface area contributed by atoms with Gasteiger partial charge in [-0.25, -0.2) is 0 Å². The van der Waals surface area contributed by atoms with Crippen molar-refractivity contribution in [3.05, 3.63) is 24.3 Å². The van der Waals surface area contributed by atoms with E-state index in [1.807, 2.05) is 13.1 Å². The van der Waals surface area contributed by atoms with Crippen molar-refractivity contribution in [3.63, 3.8) is 0 Å². The van der Waals surface area contributed by atoms with Gasteiger partial charge < -0.3 is 10.1 Å². The number of hydrogen-bond donors (Lipinski definition) is 1. The first-order valence-corrected chi connectivity index (χ1v) is 6.31. The summed E-state index contributed by atoms with van der Waals surface area (Å²) >= 11 is 0. The number of aromatic nitrogens is 2. The van der Waals surface area contributed by atoms with Crippen LogP contribution in [0.1, 0.15) is 39.4 Å². The Kier molecular flexibility index (Phi) is 6.08.